The second-order valence-electron chi connectivity index (χ2n) is 4.99. The molecule has 5 nitrogen and oxygen atoms in total. The van der Waals surface area contributed by atoms with Gasteiger partial charge in [0.05, 0.1) is 5.60 Å². The normalized spacial score (nSPS) is 23.4. The molecule has 0 radical (unpaired) electrons. The molecule has 1 atom stereocenters. The van der Waals surface area contributed by atoms with Crippen LogP contribution >= 0.6 is 0 Å². The van der Waals surface area contributed by atoms with Gasteiger partial charge in [-0.3, -0.25) is 0 Å². The van der Waals surface area contributed by atoms with E-state index in [1.165, 1.54) is 7.05 Å². The lowest BCUT2D eigenvalue weighted by atomic mass is 10.0. The van der Waals surface area contributed by atoms with Crippen molar-refractivity contribution in [2.75, 3.05) is 26.7 Å². The summed E-state index contributed by atoms with van der Waals surface area (Å²) >= 11 is 0. The summed E-state index contributed by atoms with van der Waals surface area (Å²) < 4.78 is 52.0. The maximum Gasteiger partial charge on any atom is 0.245 e. The van der Waals surface area contributed by atoms with Crippen LogP contribution in [0.15, 0.2) is 23.1 Å². The van der Waals surface area contributed by atoms with Crippen LogP contribution in [0.2, 0.25) is 0 Å². The van der Waals surface area contributed by atoms with Crippen LogP contribution in [-0.2, 0) is 10.0 Å². The Bertz CT molecular complexity index is 601. The second-order valence-corrected chi connectivity index (χ2v) is 7.00. The van der Waals surface area contributed by atoms with Crippen molar-refractivity contribution in [3.8, 4) is 0 Å². The van der Waals surface area contributed by atoms with Gasteiger partial charge in [-0.1, -0.05) is 0 Å². The molecule has 2 rings (SSSR count). The van der Waals surface area contributed by atoms with Gasteiger partial charge in [-0.2, -0.15) is 4.31 Å². The van der Waals surface area contributed by atoms with E-state index < -0.39 is 32.2 Å². The van der Waals surface area contributed by atoms with Crippen molar-refractivity contribution in [3.63, 3.8) is 0 Å². The third-order valence-corrected chi connectivity index (χ3v) is 5.14. The quantitative estimate of drug-likeness (QED) is 0.840. The van der Waals surface area contributed by atoms with Crippen LogP contribution in [-0.4, -0.2) is 50.1 Å². The molecule has 1 aliphatic rings. The van der Waals surface area contributed by atoms with Crippen LogP contribution in [0.5, 0.6) is 0 Å². The molecular formula is C12H16F2N2O3S. The fraction of sp³-hybridized carbons (Fsp3) is 0.500. The van der Waals surface area contributed by atoms with Crippen LogP contribution in [0.1, 0.15) is 6.42 Å². The Labute approximate surface area is 116 Å². The predicted octanol–water partition coefficient (Wildman–Crippen LogP) is 0.310. The Balaban J connectivity index is 2.27. The minimum atomic E-state index is -4.19. The lowest BCUT2D eigenvalue weighted by Crippen LogP contribution is -2.45. The number of nitrogens with zero attached hydrogens (tertiary/aromatic N) is 1. The number of rotatable bonds is 4. The molecule has 1 saturated heterocycles. The van der Waals surface area contributed by atoms with Crippen molar-refractivity contribution in [2.24, 2.45) is 0 Å². The fourth-order valence-electron chi connectivity index (χ4n) is 2.21. The lowest BCUT2D eigenvalue weighted by molar-refractivity contribution is 0.0462. The van der Waals surface area contributed by atoms with E-state index in [1.54, 1.807) is 0 Å². The minimum Gasteiger partial charge on any atom is -0.387 e. The first-order chi connectivity index (χ1) is 9.24. The smallest absolute Gasteiger partial charge is 0.245 e. The van der Waals surface area contributed by atoms with Crippen molar-refractivity contribution in [3.05, 3.63) is 29.8 Å². The zero-order chi connectivity index (χ0) is 15.0. The molecule has 0 saturated carbocycles. The highest BCUT2D eigenvalue weighted by Crippen LogP contribution is 2.23. The molecule has 20 heavy (non-hydrogen) atoms. The van der Waals surface area contributed by atoms with E-state index in [2.05, 4.69) is 5.32 Å². The van der Waals surface area contributed by atoms with Crippen LogP contribution in [0, 0.1) is 11.6 Å². The number of benzene rings is 1. The van der Waals surface area contributed by atoms with Crippen molar-refractivity contribution < 1.29 is 22.3 Å². The molecule has 1 heterocycles. The molecule has 1 aromatic rings. The summed E-state index contributed by atoms with van der Waals surface area (Å²) in [6, 6.07) is 2.25. The molecule has 8 heteroatoms. The van der Waals surface area contributed by atoms with Crippen LogP contribution < -0.4 is 5.32 Å². The minimum absolute atomic E-state index is 0.182. The van der Waals surface area contributed by atoms with Crippen molar-refractivity contribution in [2.45, 2.75) is 16.9 Å². The third-order valence-electron chi connectivity index (χ3n) is 3.32. The number of aliphatic hydroxyl groups is 1. The summed E-state index contributed by atoms with van der Waals surface area (Å²) in [4.78, 5) is -0.727. The first-order valence-electron chi connectivity index (χ1n) is 6.09. The molecule has 0 aromatic heterocycles. The van der Waals surface area contributed by atoms with Crippen molar-refractivity contribution in [1.29, 1.82) is 0 Å². The Kier molecular flexibility index (Phi) is 4.10. The van der Waals surface area contributed by atoms with Gasteiger partial charge in [-0.25, -0.2) is 17.2 Å². The highest BCUT2D eigenvalue weighted by molar-refractivity contribution is 7.89. The first kappa shape index (κ1) is 15.3. The average Bonchev–Trinajstić information content (AvgIpc) is 2.78. The standard InChI is InChI=1S/C12H16F2N2O3S/c1-16(8-12(17)4-5-15-7-12)20(18,19)11-6-9(13)2-3-10(11)14/h2-3,6,15,17H,4-5,7-8H2,1H3. The zero-order valence-corrected chi connectivity index (χ0v) is 11.8. The molecule has 112 valence electrons. The van der Waals surface area contributed by atoms with Crippen molar-refractivity contribution in [1.82, 2.24) is 9.62 Å². The topological polar surface area (TPSA) is 69.6 Å². The SMILES string of the molecule is CN(CC1(O)CCNC1)S(=O)(=O)c1cc(F)ccc1F. The van der Waals surface area contributed by atoms with Gasteiger partial charge in [0.2, 0.25) is 10.0 Å². The zero-order valence-electron chi connectivity index (χ0n) is 10.9. The van der Waals surface area contributed by atoms with E-state index in [9.17, 15) is 22.3 Å². The highest BCUT2D eigenvalue weighted by atomic mass is 32.2. The summed E-state index contributed by atoms with van der Waals surface area (Å²) in [5.41, 5.74) is -1.19. The van der Waals surface area contributed by atoms with E-state index in [1.807, 2.05) is 0 Å². The van der Waals surface area contributed by atoms with E-state index >= 15 is 0 Å². The molecule has 1 fully saturated rings. The Morgan fingerprint density at radius 2 is 2.15 bits per heavy atom. The summed E-state index contributed by atoms with van der Waals surface area (Å²) in [6.07, 6.45) is 0.401. The van der Waals surface area contributed by atoms with E-state index in [4.69, 9.17) is 0 Å². The Morgan fingerprint density at radius 3 is 2.75 bits per heavy atom. The van der Waals surface area contributed by atoms with E-state index in [0.29, 0.717) is 19.0 Å². The van der Waals surface area contributed by atoms with Gasteiger partial charge in [-0.15, -0.1) is 0 Å². The number of halogens is 2. The molecule has 1 aromatic carbocycles. The summed E-state index contributed by atoms with van der Waals surface area (Å²) in [5, 5.41) is 13.1. The number of sulfonamides is 1. The maximum absolute atomic E-state index is 13.6. The molecule has 2 N–H and O–H groups in total. The number of β-amino-alcohol motifs (C(OH)–C–C–N with tert-alkyl or cyclic N) is 1. The number of hydrogen-bond acceptors (Lipinski definition) is 4. The Morgan fingerprint density at radius 1 is 1.45 bits per heavy atom. The number of likely N-dealkylation sites (N-methyl/N-ethyl adjacent to an activating group) is 1. The van der Waals surface area contributed by atoms with Gasteiger partial charge in [0.15, 0.2) is 0 Å². The van der Waals surface area contributed by atoms with Gasteiger partial charge < -0.3 is 10.4 Å². The van der Waals surface area contributed by atoms with Gasteiger partial charge in [0.1, 0.15) is 16.5 Å². The second kappa shape index (κ2) is 5.36. The summed E-state index contributed by atoms with van der Waals surface area (Å²) in [5.74, 6) is -1.85. The maximum atomic E-state index is 13.6. The van der Waals surface area contributed by atoms with Gasteiger partial charge in [0, 0.05) is 20.1 Å². The van der Waals surface area contributed by atoms with Gasteiger partial charge in [-0.05, 0) is 31.2 Å². The highest BCUT2D eigenvalue weighted by Gasteiger charge is 2.36. The number of hydrogen-bond donors (Lipinski definition) is 2. The molecular weight excluding hydrogens is 290 g/mol. The third kappa shape index (κ3) is 2.98. The van der Waals surface area contributed by atoms with Gasteiger partial charge >= 0.3 is 0 Å². The summed E-state index contributed by atoms with van der Waals surface area (Å²) in [7, 11) is -2.96. The van der Waals surface area contributed by atoms with Crippen LogP contribution in [0.4, 0.5) is 8.78 Å². The fourth-order valence-corrected chi connectivity index (χ4v) is 3.53. The van der Waals surface area contributed by atoms with E-state index in [0.717, 1.165) is 16.4 Å². The largest absolute Gasteiger partial charge is 0.387 e. The molecule has 1 aliphatic heterocycles. The Hall–Kier alpha value is -1.09. The van der Waals surface area contributed by atoms with Crippen LogP contribution in [0.25, 0.3) is 0 Å². The van der Waals surface area contributed by atoms with Crippen molar-refractivity contribution >= 4 is 10.0 Å². The monoisotopic (exact) mass is 306 g/mol. The van der Waals surface area contributed by atoms with Gasteiger partial charge in [0.25, 0.3) is 0 Å². The predicted molar refractivity (Wildman–Crippen MR) is 68.6 cm³/mol. The van der Waals surface area contributed by atoms with E-state index in [-0.39, 0.29) is 13.1 Å². The molecule has 1 unspecified atom stereocenters. The first-order valence-corrected chi connectivity index (χ1v) is 7.53. The number of nitrogens with one attached hydrogen (secondary N) is 1. The summed E-state index contributed by atoms with van der Waals surface area (Å²) in [6.45, 7) is 0.662. The molecule has 0 amide bonds. The average molecular weight is 306 g/mol. The molecule has 0 aliphatic carbocycles. The molecule has 0 spiro atoms. The molecule has 0 bridgehead atoms. The van der Waals surface area contributed by atoms with Crippen LogP contribution in [0.3, 0.4) is 0 Å². The lowest BCUT2D eigenvalue weighted by Gasteiger charge is -2.27.